The van der Waals surface area contributed by atoms with Crippen molar-refractivity contribution in [2.24, 2.45) is 0 Å². The van der Waals surface area contributed by atoms with Crippen LogP contribution in [0.25, 0.3) is 11.3 Å². The molecule has 1 aliphatic heterocycles. The lowest BCUT2D eigenvalue weighted by Crippen LogP contribution is -2.49. The zero-order valence-electron chi connectivity index (χ0n) is 19.2. The molecule has 3 aromatic rings. The molecule has 1 fully saturated rings. The molecular formula is C24H27ClN4O3S. The Morgan fingerprint density at radius 3 is 2.21 bits per heavy atom. The van der Waals surface area contributed by atoms with Crippen LogP contribution in [-0.2, 0) is 10.0 Å². The van der Waals surface area contributed by atoms with Crippen LogP contribution in [-0.4, -0.2) is 56.2 Å². The fourth-order valence-electron chi connectivity index (χ4n) is 4.02. The largest absolute Gasteiger partial charge is 0.495 e. The summed E-state index contributed by atoms with van der Waals surface area (Å²) in [7, 11) is -2.28. The zero-order valence-corrected chi connectivity index (χ0v) is 20.7. The standard InChI is InChI=1S/C24H27ClN4O3S/c1-16-13-18(3)20(14-17(16)2)21-6-8-24(27-26-21)28-9-11-29(12-10-28)33(30,31)23-15-19(25)5-7-22(23)32-4/h5-8,13-15H,9-12H2,1-4H3. The number of benzene rings is 2. The van der Waals surface area contributed by atoms with E-state index in [0.29, 0.717) is 31.2 Å². The zero-order chi connectivity index (χ0) is 23.8. The lowest BCUT2D eigenvalue weighted by atomic mass is 9.99. The average Bonchev–Trinajstić information content (AvgIpc) is 2.81. The summed E-state index contributed by atoms with van der Waals surface area (Å²) >= 11 is 6.04. The van der Waals surface area contributed by atoms with Crippen molar-refractivity contribution in [3.05, 3.63) is 64.2 Å². The Kier molecular flexibility index (Phi) is 6.61. The monoisotopic (exact) mass is 486 g/mol. The molecule has 2 heterocycles. The first-order valence-corrected chi connectivity index (χ1v) is 12.5. The molecule has 33 heavy (non-hydrogen) atoms. The number of sulfonamides is 1. The minimum absolute atomic E-state index is 0.0823. The molecular weight excluding hydrogens is 460 g/mol. The maximum Gasteiger partial charge on any atom is 0.246 e. The van der Waals surface area contributed by atoms with E-state index in [0.717, 1.165) is 22.6 Å². The molecule has 1 saturated heterocycles. The molecule has 0 saturated carbocycles. The van der Waals surface area contributed by atoms with Crippen molar-refractivity contribution in [1.82, 2.24) is 14.5 Å². The second kappa shape index (κ2) is 9.29. The summed E-state index contributed by atoms with van der Waals surface area (Å²) in [5, 5.41) is 9.23. The second-order valence-corrected chi connectivity index (χ2v) is 10.6. The van der Waals surface area contributed by atoms with Crippen molar-refractivity contribution >= 4 is 27.4 Å². The fourth-order valence-corrected chi connectivity index (χ4v) is 5.86. The molecule has 0 bridgehead atoms. The van der Waals surface area contributed by atoms with E-state index in [-0.39, 0.29) is 10.6 Å². The number of hydrogen-bond acceptors (Lipinski definition) is 6. The van der Waals surface area contributed by atoms with Crippen LogP contribution in [0.5, 0.6) is 5.75 Å². The number of piperazine rings is 1. The van der Waals surface area contributed by atoms with E-state index in [4.69, 9.17) is 16.3 Å². The summed E-state index contributed by atoms with van der Waals surface area (Å²) < 4.78 is 33.1. The van der Waals surface area contributed by atoms with Crippen LogP contribution < -0.4 is 9.64 Å². The van der Waals surface area contributed by atoms with Gasteiger partial charge in [-0.3, -0.25) is 0 Å². The van der Waals surface area contributed by atoms with Crippen LogP contribution in [0.4, 0.5) is 5.82 Å². The maximum atomic E-state index is 13.2. The van der Waals surface area contributed by atoms with Gasteiger partial charge in [0.05, 0.1) is 12.8 Å². The van der Waals surface area contributed by atoms with Crippen molar-refractivity contribution < 1.29 is 13.2 Å². The van der Waals surface area contributed by atoms with Gasteiger partial charge in [-0.05, 0) is 73.9 Å². The minimum atomic E-state index is -3.73. The Labute approximate surface area is 200 Å². The summed E-state index contributed by atoms with van der Waals surface area (Å²) in [6.07, 6.45) is 0. The Hall–Kier alpha value is -2.68. The SMILES string of the molecule is COc1ccc(Cl)cc1S(=O)(=O)N1CCN(c2ccc(-c3cc(C)c(C)cc3C)nn2)CC1. The van der Waals surface area contributed by atoms with Crippen LogP contribution in [0.1, 0.15) is 16.7 Å². The highest BCUT2D eigenvalue weighted by atomic mass is 35.5. The van der Waals surface area contributed by atoms with Crippen molar-refractivity contribution in [2.75, 3.05) is 38.2 Å². The van der Waals surface area contributed by atoms with E-state index in [1.807, 2.05) is 17.0 Å². The molecule has 0 amide bonds. The highest BCUT2D eigenvalue weighted by Gasteiger charge is 2.31. The van der Waals surface area contributed by atoms with Crippen LogP contribution in [0, 0.1) is 20.8 Å². The molecule has 0 spiro atoms. The molecule has 174 valence electrons. The summed E-state index contributed by atoms with van der Waals surface area (Å²) in [5.41, 5.74) is 5.53. The van der Waals surface area contributed by atoms with Gasteiger partial charge in [0.1, 0.15) is 10.6 Å². The van der Waals surface area contributed by atoms with Crippen LogP contribution in [0.3, 0.4) is 0 Å². The third-order valence-electron chi connectivity index (χ3n) is 6.07. The minimum Gasteiger partial charge on any atom is -0.495 e. The highest BCUT2D eigenvalue weighted by Crippen LogP contribution is 2.31. The van der Waals surface area contributed by atoms with Crippen molar-refractivity contribution in [2.45, 2.75) is 25.7 Å². The van der Waals surface area contributed by atoms with Gasteiger partial charge >= 0.3 is 0 Å². The van der Waals surface area contributed by atoms with E-state index < -0.39 is 10.0 Å². The lowest BCUT2D eigenvalue weighted by Gasteiger charge is -2.34. The Balaban J connectivity index is 1.48. The number of ether oxygens (including phenoxy) is 1. The van der Waals surface area contributed by atoms with Crippen LogP contribution in [0.2, 0.25) is 5.02 Å². The van der Waals surface area contributed by atoms with E-state index in [1.165, 1.54) is 28.6 Å². The number of rotatable bonds is 5. The molecule has 7 nitrogen and oxygen atoms in total. The summed E-state index contributed by atoms with van der Waals surface area (Å²) in [6.45, 7) is 7.95. The van der Waals surface area contributed by atoms with E-state index >= 15 is 0 Å². The van der Waals surface area contributed by atoms with Crippen molar-refractivity contribution in [3.63, 3.8) is 0 Å². The molecule has 0 aliphatic carbocycles. The first-order chi connectivity index (χ1) is 15.7. The average molecular weight is 487 g/mol. The summed E-state index contributed by atoms with van der Waals surface area (Å²) in [5.74, 6) is 1.02. The second-order valence-electron chi connectivity index (χ2n) is 8.21. The van der Waals surface area contributed by atoms with Gasteiger partial charge in [0.2, 0.25) is 10.0 Å². The molecule has 0 radical (unpaired) electrons. The van der Waals surface area contributed by atoms with Crippen molar-refractivity contribution in [1.29, 1.82) is 0 Å². The van der Waals surface area contributed by atoms with Crippen molar-refractivity contribution in [3.8, 4) is 17.0 Å². The van der Waals surface area contributed by atoms with Gasteiger partial charge in [-0.1, -0.05) is 17.7 Å². The normalized spacial score (nSPS) is 15.0. The predicted octanol–water partition coefficient (Wildman–Crippen LogP) is 4.24. The maximum absolute atomic E-state index is 13.2. The first kappa shape index (κ1) is 23.5. The molecule has 2 aromatic carbocycles. The number of aromatic nitrogens is 2. The molecule has 0 N–H and O–H groups in total. The van der Waals surface area contributed by atoms with E-state index in [2.05, 4.69) is 43.1 Å². The summed E-state index contributed by atoms with van der Waals surface area (Å²) in [6, 6.07) is 12.8. The molecule has 0 atom stereocenters. The van der Waals surface area contributed by atoms with Gasteiger partial charge in [-0.2, -0.15) is 4.31 Å². The Bertz CT molecular complexity index is 1270. The van der Waals surface area contributed by atoms with Gasteiger partial charge in [0.15, 0.2) is 5.82 Å². The third-order valence-corrected chi connectivity index (χ3v) is 8.23. The lowest BCUT2D eigenvalue weighted by molar-refractivity contribution is 0.373. The van der Waals surface area contributed by atoms with Gasteiger partial charge in [-0.25, -0.2) is 8.42 Å². The molecule has 1 aromatic heterocycles. The molecule has 4 rings (SSSR count). The quantitative estimate of drug-likeness (QED) is 0.537. The van der Waals surface area contributed by atoms with Gasteiger partial charge < -0.3 is 9.64 Å². The third kappa shape index (κ3) is 4.69. The van der Waals surface area contributed by atoms with E-state index in [9.17, 15) is 8.42 Å². The fraction of sp³-hybridized carbons (Fsp3) is 0.333. The predicted molar refractivity (Wildman–Crippen MR) is 131 cm³/mol. The van der Waals surface area contributed by atoms with Crippen LogP contribution in [0.15, 0.2) is 47.4 Å². The summed E-state index contributed by atoms with van der Waals surface area (Å²) in [4.78, 5) is 2.13. The molecule has 9 heteroatoms. The number of halogens is 1. The number of anilines is 1. The first-order valence-electron chi connectivity index (χ1n) is 10.7. The Morgan fingerprint density at radius 1 is 0.879 bits per heavy atom. The van der Waals surface area contributed by atoms with Gasteiger partial charge in [0.25, 0.3) is 0 Å². The van der Waals surface area contributed by atoms with Gasteiger partial charge in [-0.15, -0.1) is 10.2 Å². The smallest absolute Gasteiger partial charge is 0.246 e. The van der Waals surface area contributed by atoms with Gasteiger partial charge in [0, 0.05) is 36.8 Å². The number of hydrogen-bond donors (Lipinski definition) is 0. The van der Waals surface area contributed by atoms with Crippen LogP contribution >= 0.6 is 11.6 Å². The number of methoxy groups -OCH3 is 1. The Morgan fingerprint density at radius 2 is 1.58 bits per heavy atom. The number of nitrogens with zero attached hydrogens (tertiary/aromatic N) is 4. The molecule has 0 unspecified atom stereocenters. The number of aryl methyl sites for hydroxylation is 3. The highest BCUT2D eigenvalue weighted by molar-refractivity contribution is 7.89. The topological polar surface area (TPSA) is 75.6 Å². The molecule has 1 aliphatic rings. The van der Waals surface area contributed by atoms with E-state index in [1.54, 1.807) is 12.1 Å².